The summed E-state index contributed by atoms with van der Waals surface area (Å²) in [5, 5.41) is 7.84. The molecule has 1 heterocycles. The fourth-order valence-corrected chi connectivity index (χ4v) is 4.41. The van der Waals surface area contributed by atoms with Gasteiger partial charge < -0.3 is 16.4 Å². The Morgan fingerprint density at radius 1 is 1.15 bits per heavy atom. The first-order valence-electron chi connectivity index (χ1n) is 12.0. The molecule has 1 aliphatic rings. The van der Waals surface area contributed by atoms with Gasteiger partial charge in [0.2, 0.25) is 5.82 Å². The third-order valence-corrected chi connectivity index (χ3v) is 6.34. The average molecular weight is 479 g/mol. The number of amidine groups is 1. The monoisotopic (exact) mass is 478 g/mol. The van der Waals surface area contributed by atoms with Crippen LogP contribution in [0.3, 0.4) is 0 Å². The summed E-state index contributed by atoms with van der Waals surface area (Å²) in [5.74, 6) is 0.998. The number of amides is 1. The van der Waals surface area contributed by atoms with Crippen molar-refractivity contribution in [3.8, 4) is 0 Å². The van der Waals surface area contributed by atoms with Crippen molar-refractivity contribution in [1.29, 1.82) is 0 Å². The highest BCUT2D eigenvalue weighted by atomic mass is 35.5. The van der Waals surface area contributed by atoms with E-state index in [0.29, 0.717) is 28.7 Å². The zero-order valence-electron chi connectivity index (χ0n) is 19.4. The van der Waals surface area contributed by atoms with Crippen molar-refractivity contribution in [1.82, 2.24) is 15.3 Å². The van der Waals surface area contributed by atoms with E-state index in [4.69, 9.17) is 22.3 Å². The van der Waals surface area contributed by atoms with E-state index in [1.165, 1.54) is 0 Å². The van der Waals surface area contributed by atoms with Crippen LogP contribution in [0.25, 0.3) is 10.9 Å². The summed E-state index contributed by atoms with van der Waals surface area (Å²) in [6.45, 7) is 2.68. The lowest BCUT2D eigenvalue weighted by atomic mass is 9.90. The van der Waals surface area contributed by atoms with Gasteiger partial charge in [0.25, 0.3) is 5.91 Å². The van der Waals surface area contributed by atoms with Gasteiger partial charge in [0.1, 0.15) is 11.7 Å². The number of halogens is 1. The number of nitrogens with zero attached hydrogens (tertiary/aromatic N) is 3. The number of carbonyl (C=O) groups is 1. The molecule has 1 saturated carbocycles. The summed E-state index contributed by atoms with van der Waals surface area (Å²) in [6, 6.07) is 15.3. The Hall–Kier alpha value is -3.19. The van der Waals surface area contributed by atoms with E-state index in [-0.39, 0.29) is 23.8 Å². The molecule has 0 aliphatic heterocycles. The number of unbranched alkanes of at least 4 members (excludes halogenated alkanes) is 1. The molecule has 178 valence electrons. The number of hydrogen-bond acceptors (Lipinski definition) is 5. The minimum absolute atomic E-state index is 0.0000126. The van der Waals surface area contributed by atoms with Crippen molar-refractivity contribution in [2.75, 3.05) is 11.9 Å². The van der Waals surface area contributed by atoms with Crippen LogP contribution >= 0.6 is 11.6 Å². The number of nitrogens with one attached hydrogen (secondary N) is 2. The van der Waals surface area contributed by atoms with Crippen molar-refractivity contribution in [3.63, 3.8) is 0 Å². The highest BCUT2D eigenvalue weighted by Gasteiger charge is 2.27. The van der Waals surface area contributed by atoms with Crippen molar-refractivity contribution in [3.05, 3.63) is 64.9 Å². The van der Waals surface area contributed by atoms with Gasteiger partial charge in [-0.2, -0.15) is 0 Å². The Kier molecular flexibility index (Phi) is 7.95. The number of carbonyl (C=O) groups excluding carboxylic acids is 1. The first-order valence-corrected chi connectivity index (χ1v) is 12.3. The van der Waals surface area contributed by atoms with Gasteiger partial charge in [-0.1, -0.05) is 68.1 Å². The van der Waals surface area contributed by atoms with Crippen LogP contribution in [0.15, 0.2) is 53.5 Å². The zero-order chi connectivity index (χ0) is 23.9. The van der Waals surface area contributed by atoms with Crippen LogP contribution in [-0.4, -0.2) is 40.3 Å². The Balaban J connectivity index is 1.64. The number of fused-ring (bicyclic) bond motifs is 1. The predicted molar refractivity (Wildman–Crippen MR) is 139 cm³/mol. The van der Waals surface area contributed by atoms with E-state index >= 15 is 0 Å². The Morgan fingerprint density at radius 2 is 1.94 bits per heavy atom. The van der Waals surface area contributed by atoms with Crippen molar-refractivity contribution in [2.45, 2.75) is 57.5 Å². The van der Waals surface area contributed by atoms with Crippen molar-refractivity contribution < 1.29 is 4.79 Å². The van der Waals surface area contributed by atoms with E-state index < -0.39 is 0 Å². The van der Waals surface area contributed by atoms with Crippen molar-refractivity contribution >= 4 is 40.1 Å². The molecule has 4 rings (SSSR count). The van der Waals surface area contributed by atoms with E-state index in [1.54, 1.807) is 6.07 Å². The lowest BCUT2D eigenvalue weighted by Crippen LogP contribution is -2.37. The summed E-state index contributed by atoms with van der Waals surface area (Å²) in [7, 11) is 0. The molecule has 1 aliphatic carbocycles. The molecule has 0 unspecified atom stereocenters. The molecule has 7 nitrogen and oxygen atoms in total. The molecule has 0 saturated heterocycles. The second-order valence-electron chi connectivity index (χ2n) is 8.65. The summed E-state index contributed by atoms with van der Waals surface area (Å²) >= 11 is 6.28. The van der Waals surface area contributed by atoms with E-state index in [1.807, 2.05) is 42.5 Å². The third-order valence-electron chi connectivity index (χ3n) is 6.10. The lowest BCUT2D eigenvalue weighted by Gasteiger charge is -2.30. The predicted octanol–water partition coefficient (Wildman–Crippen LogP) is 4.94. The zero-order valence-corrected chi connectivity index (χ0v) is 20.2. The summed E-state index contributed by atoms with van der Waals surface area (Å²) < 4.78 is 0. The van der Waals surface area contributed by atoms with Crippen LogP contribution in [0, 0.1) is 0 Å². The molecule has 0 radical (unpaired) electrons. The second-order valence-corrected chi connectivity index (χ2v) is 9.09. The Morgan fingerprint density at radius 3 is 2.74 bits per heavy atom. The van der Waals surface area contributed by atoms with Gasteiger partial charge in [-0.05, 0) is 37.5 Å². The van der Waals surface area contributed by atoms with Crippen LogP contribution in [0.2, 0.25) is 5.02 Å². The number of anilines is 1. The number of hydrogen-bond donors (Lipinski definition) is 3. The van der Waals surface area contributed by atoms with E-state index in [9.17, 15) is 4.79 Å². The summed E-state index contributed by atoms with van der Waals surface area (Å²) in [4.78, 5) is 26.7. The first-order chi connectivity index (χ1) is 16.5. The van der Waals surface area contributed by atoms with Crippen LogP contribution in [0.5, 0.6) is 0 Å². The fraction of sp³-hybridized carbons (Fsp3) is 0.385. The van der Waals surface area contributed by atoms with Gasteiger partial charge in [-0.15, -0.1) is 0 Å². The molecule has 8 heteroatoms. The SMILES string of the molecule is CCCCNC(=O)c1nc(N[C@H]2CCCC[C@H]2N=C(N)c2ccccc2)c2cc(Cl)ccc2n1. The number of rotatable bonds is 8. The van der Waals surface area contributed by atoms with Crippen molar-refractivity contribution in [2.24, 2.45) is 10.7 Å². The molecule has 3 aromatic rings. The largest absolute Gasteiger partial charge is 0.383 e. The Labute approximate surface area is 205 Å². The maximum atomic E-state index is 12.7. The quantitative estimate of drug-likeness (QED) is 0.241. The van der Waals surface area contributed by atoms with Gasteiger partial charge in [0, 0.05) is 28.6 Å². The number of aromatic nitrogens is 2. The molecule has 1 fully saturated rings. The molecular weight excluding hydrogens is 448 g/mol. The molecule has 2 atom stereocenters. The minimum Gasteiger partial charge on any atom is -0.383 e. The van der Waals surface area contributed by atoms with E-state index in [2.05, 4.69) is 27.5 Å². The van der Waals surface area contributed by atoms with Gasteiger partial charge in [-0.3, -0.25) is 9.79 Å². The summed E-state index contributed by atoms with van der Waals surface area (Å²) in [6.07, 6.45) is 5.95. The maximum absolute atomic E-state index is 12.7. The van der Waals surface area contributed by atoms with E-state index in [0.717, 1.165) is 49.5 Å². The first kappa shape index (κ1) is 24.0. The van der Waals surface area contributed by atoms with Gasteiger partial charge in [0.15, 0.2) is 0 Å². The highest BCUT2D eigenvalue weighted by Crippen LogP contribution is 2.29. The summed E-state index contributed by atoms with van der Waals surface area (Å²) in [5.41, 5.74) is 7.92. The molecule has 0 bridgehead atoms. The van der Waals surface area contributed by atoms with Crippen LogP contribution in [-0.2, 0) is 0 Å². The number of benzene rings is 2. The molecule has 1 amide bonds. The highest BCUT2D eigenvalue weighted by molar-refractivity contribution is 6.31. The topological polar surface area (TPSA) is 105 Å². The second kappa shape index (κ2) is 11.3. The minimum atomic E-state index is -0.278. The molecular formula is C26H31ClN6O. The molecule has 0 spiro atoms. The molecule has 2 aromatic carbocycles. The smallest absolute Gasteiger partial charge is 0.289 e. The number of nitrogens with two attached hydrogens (primary N) is 1. The van der Waals surface area contributed by atoms with Gasteiger partial charge in [0.05, 0.1) is 11.6 Å². The van der Waals surface area contributed by atoms with Gasteiger partial charge >= 0.3 is 0 Å². The Bertz CT molecular complexity index is 1170. The van der Waals surface area contributed by atoms with Crippen LogP contribution < -0.4 is 16.4 Å². The average Bonchev–Trinajstić information content (AvgIpc) is 2.86. The number of aliphatic imine (C=N–C) groups is 1. The maximum Gasteiger partial charge on any atom is 0.289 e. The fourth-order valence-electron chi connectivity index (χ4n) is 4.24. The van der Waals surface area contributed by atoms with Crippen LogP contribution in [0.4, 0.5) is 5.82 Å². The standard InChI is InChI=1S/C26H31ClN6O/c1-2-3-15-29-26(34)25-31-20-14-13-18(27)16-19(20)24(33-25)32-22-12-8-7-11-21(22)30-23(28)17-9-5-4-6-10-17/h4-6,9-10,13-14,16,21-22H,2-3,7-8,11-12,15H2,1H3,(H2,28,30)(H,29,34)(H,31,32,33)/t21-,22+/m1/s1. The molecule has 4 N–H and O–H groups in total. The van der Waals surface area contributed by atoms with Crippen LogP contribution in [0.1, 0.15) is 61.6 Å². The molecule has 34 heavy (non-hydrogen) atoms. The normalized spacial score (nSPS) is 18.6. The lowest BCUT2D eigenvalue weighted by molar-refractivity contribution is 0.0943. The third kappa shape index (κ3) is 5.83. The molecule has 1 aromatic heterocycles. The van der Waals surface area contributed by atoms with Gasteiger partial charge in [-0.25, -0.2) is 9.97 Å².